The maximum absolute atomic E-state index is 16.1. The highest BCUT2D eigenvalue weighted by molar-refractivity contribution is 6.21. The number of Topliss-reactive ketones (excluding diaryl/α,β-unsaturated/α-hetero) is 1. The smallest absolute Gasteiger partial charge is 0.269 e. The molecule has 4 heterocycles. The minimum atomic E-state index is -2.68. The zero-order valence-electron chi connectivity index (χ0n) is 33.1. The number of carbonyl (C=O) groups is 6. The van der Waals surface area contributed by atoms with Crippen molar-refractivity contribution >= 4 is 41.0 Å². The highest BCUT2D eigenvalue weighted by atomic mass is 16.6. The Hall–Kier alpha value is -5.02. The van der Waals surface area contributed by atoms with Crippen LogP contribution in [-0.4, -0.2) is 105 Å². The number of nitro benzene ring substituents is 1. The van der Waals surface area contributed by atoms with Gasteiger partial charge in [0.05, 0.1) is 23.0 Å². The third-order valence-electron chi connectivity index (χ3n) is 11.8. The number of nitro groups is 1. The predicted octanol–water partition coefficient (Wildman–Crippen LogP) is 2.35. The molecule has 15 nitrogen and oxygen atoms in total. The molecule has 4 fully saturated rings. The third kappa shape index (κ3) is 8.38. The number of hydrogen-bond acceptors (Lipinski definition) is 10. The molecule has 6 rings (SSSR count). The summed E-state index contributed by atoms with van der Waals surface area (Å²) >= 11 is 0. The highest BCUT2D eigenvalue weighted by Gasteiger charge is 2.62. The van der Waals surface area contributed by atoms with Crippen LogP contribution in [0.2, 0.25) is 1.41 Å². The first-order valence-electron chi connectivity index (χ1n) is 20.4. The lowest BCUT2D eigenvalue weighted by Crippen LogP contribution is -2.75. The summed E-state index contributed by atoms with van der Waals surface area (Å²) in [7, 11) is 0. The molecule has 0 unspecified atom stereocenters. The number of nitrogens with one attached hydrogen (secondary N) is 4. The van der Waals surface area contributed by atoms with E-state index in [4.69, 9.17) is 1.41 Å². The third-order valence-corrected chi connectivity index (χ3v) is 11.8. The molecule has 4 N–H and O–H groups in total. The van der Waals surface area contributed by atoms with Gasteiger partial charge < -0.3 is 26.2 Å². The van der Waals surface area contributed by atoms with Crippen molar-refractivity contribution in [3.63, 3.8) is 0 Å². The van der Waals surface area contributed by atoms with Gasteiger partial charge >= 0.3 is 0 Å². The van der Waals surface area contributed by atoms with Crippen molar-refractivity contribution in [1.29, 1.82) is 0 Å². The maximum Gasteiger partial charge on any atom is 0.269 e. The molecule has 4 aliphatic rings. The van der Waals surface area contributed by atoms with Crippen LogP contribution in [0, 0.1) is 16.0 Å². The largest absolute Gasteiger partial charge is 0.344 e. The number of imide groups is 1. The number of amides is 5. The van der Waals surface area contributed by atoms with Crippen LogP contribution < -0.4 is 21.3 Å². The molecule has 0 bridgehead atoms. The Labute approximate surface area is 328 Å². The molecule has 4 aliphatic heterocycles. The molecule has 0 aliphatic carbocycles. The van der Waals surface area contributed by atoms with Crippen LogP contribution in [0.25, 0.3) is 0 Å². The minimum absolute atomic E-state index is 0.0246. The first kappa shape index (κ1) is 39.2. The molecule has 0 radical (unpaired) electrons. The van der Waals surface area contributed by atoms with Gasteiger partial charge in [0.25, 0.3) is 11.6 Å². The lowest BCUT2D eigenvalue weighted by molar-refractivity contribution is -0.384. The first-order valence-corrected chi connectivity index (χ1v) is 20.0. The highest BCUT2D eigenvalue weighted by Crippen LogP contribution is 2.36. The van der Waals surface area contributed by atoms with E-state index in [1.54, 1.807) is 6.92 Å². The topological polar surface area (TPSA) is 200 Å². The zero-order valence-corrected chi connectivity index (χ0v) is 32.1. The van der Waals surface area contributed by atoms with Gasteiger partial charge in [-0.1, -0.05) is 75.6 Å². The fourth-order valence-corrected chi connectivity index (χ4v) is 8.49. The molecule has 2 aromatic carbocycles. The second-order valence-electron chi connectivity index (χ2n) is 15.5. The molecule has 2 aromatic rings. The fraction of sp³-hybridized carbons (Fsp3) is 0.561. The Kier molecular flexibility index (Phi) is 12.5. The normalized spacial score (nSPS) is 28.6. The number of carbonyl (C=O) groups excluding carboxylic acids is 6. The van der Waals surface area contributed by atoms with Crippen molar-refractivity contribution in [2.24, 2.45) is 5.92 Å². The number of fused-ring (bicyclic) bond motifs is 1. The molecular weight excluding hydrogens is 718 g/mol. The van der Waals surface area contributed by atoms with Crippen molar-refractivity contribution in [1.82, 2.24) is 31.1 Å². The molecule has 0 aromatic heterocycles. The van der Waals surface area contributed by atoms with Gasteiger partial charge in [-0.15, -0.1) is 0 Å². The van der Waals surface area contributed by atoms with Crippen LogP contribution in [0.3, 0.4) is 0 Å². The van der Waals surface area contributed by atoms with Crippen molar-refractivity contribution in [3.8, 4) is 0 Å². The van der Waals surface area contributed by atoms with Gasteiger partial charge in [0, 0.05) is 31.5 Å². The lowest BCUT2D eigenvalue weighted by atomic mass is 9.75. The van der Waals surface area contributed by atoms with Gasteiger partial charge in [-0.25, -0.2) is 0 Å². The summed E-state index contributed by atoms with van der Waals surface area (Å²) in [5.41, 5.74) is -1.94. The fourth-order valence-electron chi connectivity index (χ4n) is 8.49. The average molecular weight is 773 g/mol. The summed E-state index contributed by atoms with van der Waals surface area (Å²) in [4.78, 5) is 104. The summed E-state index contributed by atoms with van der Waals surface area (Å²) in [6.45, 7) is 4.24. The first-order chi connectivity index (χ1) is 27.4. The van der Waals surface area contributed by atoms with Gasteiger partial charge in [0.2, 0.25) is 23.6 Å². The summed E-state index contributed by atoms with van der Waals surface area (Å²) in [6.07, 6.45) is 3.53. The Morgan fingerprint density at radius 1 is 0.893 bits per heavy atom. The number of piperidine rings is 2. The molecule has 5 amide bonds. The van der Waals surface area contributed by atoms with Gasteiger partial charge in [0.15, 0.2) is 11.3 Å². The predicted molar refractivity (Wildman–Crippen MR) is 206 cm³/mol. The van der Waals surface area contributed by atoms with Gasteiger partial charge in [-0.2, -0.15) is 0 Å². The number of nitrogens with zero attached hydrogens (tertiary/aromatic N) is 3. The van der Waals surface area contributed by atoms with E-state index >= 15 is 19.2 Å². The molecule has 4 saturated heterocycles. The number of rotatable bonds is 10. The van der Waals surface area contributed by atoms with Crippen LogP contribution in [0.5, 0.6) is 0 Å². The van der Waals surface area contributed by atoms with Crippen LogP contribution in [0.4, 0.5) is 5.69 Å². The van der Waals surface area contributed by atoms with Crippen molar-refractivity contribution in [2.75, 3.05) is 19.6 Å². The Morgan fingerprint density at radius 3 is 2.23 bits per heavy atom. The molecule has 300 valence electrons. The summed E-state index contributed by atoms with van der Waals surface area (Å²) in [6, 6.07) is 8.45. The van der Waals surface area contributed by atoms with E-state index in [2.05, 4.69) is 16.0 Å². The van der Waals surface area contributed by atoms with Gasteiger partial charge in [-0.3, -0.25) is 43.8 Å². The maximum atomic E-state index is 16.1. The van der Waals surface area contributed by atoms with Crippen molar-refractivity contribution in [3.05, 3.63) is 75.8 Å². The number of hydrogen-bond donors (Lipinski definition) is 4. The molecule has 15 heteroatoms. The number of non-ortho nitro benzene ring substituents is 1. The zero-order chi connectivity index (χ0) is 40.9. The standard InChI is InChI=1S/C41H53N7O8/c1-3-26(2)34-35(49)41(25-28-17-19-29(20-18-28)48(55)56,47(38(52)30-14-7-9-21-42-30)39(53)31-15-8-10-22-43-31)40(54)46-23-11-16-33(46)37(51)44-32(36(50)45-34)24-27-12-5-4-6-13-27/h4-6,12-13,17-20,26,30-34,42-43H,3,7-11,14-16,21-25H2,1-2H3,(H,44,51)(H,45,50)/t26-,30-,31+,32+,33-,34-,41+/m0/s1/i/hD. The molecule has 0 spiro atoms. The van der Waals surface area contributed by atoms with E-state index in [0.29, 0.717) is 45.1 Å². The Morgan fingerprint density at radius 2 is 1.57 bits per heavy atom. The van der Waals surface area contributed by atoms with E-state index in [0.717, 1.165) is 22.2 Å². The molecule has 56 heavy (non-hydrogen) atoms. The van der Waals surface area contributed by atoms with Crippen LogP contribution in [0.15, 0.2) is 54.6 Å². The van der Waals surface area contributed by atoms with Crippen LogP contribution >= 0.6 is 0 Å². The minimum Gasteiger partial charge on any atom is -0.344 e. The Bertz CT molecular complexity index is 1840. The van der Waals surface area contributed by atoms with Crippen LogP contribution in [-0.2, 0) is 41.6 Å². The summed E-state index contributed by atoms with van der Waals surface area (Å²) < 4.78 is 8.80. The van der Waals surface area contributed by atoms with Crippen molar-refractivity contribution < 1.29 is 35.1 Å². The van der Waals surface area contributed by atoms with E-state index in [1.165, 1.54) is 29.2 Å². The summed E-state index contributed by atoms with van der Waals surface area (Å²) in [5.74, 6) is -5.47. The molecule has 0 saturated carbocycles. The van der Waals surface area contributed by atoms with E-state index < -0.39 is 88.3 Å². The summed E-state index contributed by atoms with van der Waals surface area (Å²) in [5, 5.41) is 21.7. The molecular formula is C41H53N7O8. The monoisotopic (exact) mass is 772 g/mol. The quantitative estimate of drug-likeness (QED) is 0.120. The van der Waals surface area contributed by atoms with Gasteiger partial charge in [0.1, 0.15) is 13.5 Å². The van der Waals surface area contributed by atoms with Gasteiger partial charge in [-0.05, 0) is 68.7 Å². The number of ketones is 1. The Balaban J connectivity index is 1.61. The van der Waals surface area contributed by atoms with E-state index in [-0.39, 0.29) is 43.6 Å². The van der Waals surface area contributed by atoms with Crippen LogP contribution in [0.1, 0.15) is 82.8 Å². The molecule has 7 atom stereocenters. The second-order valence-corrected chi connectivity index (χ2v) is 15.5. The van der Waals surface area contributed by atoms with E-state index in [9.17, 15) is 19.7 Å². The lowest BCUT2D eigenvalue weighted by Gasteiger charge is -2.47. The number of benzene rings is 2. The van der Waals surface area contributed by atoms with Crippen molar-refractivity contribution in [2.45, 2.75) is 120 Å². The average Bonchev–Trinajstić information content (AvgIpc) is 3.72. The second kappa shape index (κ2) is 17.8. The SMILES string of the molecule is [2H]N1CCCC[C@H]1C(=O)N(C(=O)[C@H]1CCCCN1)[C@]1(Cc2ccc([N+](=O)[O-])cc2)C(=O)[C@H]([C@@H](C)CC)NC(=O)[C@@H](Cc2ccccc2)NC(=O)[C@@H]2CCCN2C1=O. The van der Waals surface area contributed by atoms with E-state index in [1.807, 2.05) is 37.3 Å².